The molecule has 0 aromatic carbocycles. The summed E-state index contributed by atoms with van der Waals surface area (Å²) >= 11 is 0. The van der Waals surface area contributed by atoms with Crippen LogP contribution in [-0.4, -0.2) is 69.2 Å². The van der Waals surface area contributed by atoms with Gasteiger partial charge in [0.25, 0.3) is 0 Å². The molecule has 5 nitrogen and oxygen atoms in total. The molecular formula is C16H31N3O2S. The van der Waals surface area contributed by atoms with Gasteiger partial charge in [0.05, 0.1) is 6.26 Å². The maximum absolute atomic E-state index is 11.7. The second kappa shape index (κ2) is 7.16. The van der Waals surface area contributed by atoms with E-state index in [4.69, 9.17) is 0 Å². The molecule has 0 amide bonds. The summed E-state index contributed by atoms with van der Waals surface area (Å²) < 4.78 is 25.1. The lowest BCUT2D eigenvalue weighted by molar-refractivity contribution is 0.124. The van der Waals surface area contributed by atoms with Crippen molar-refractivity contribution >= 4 is 10.0 Å². The molecule has 2 unspecified atom stereocenters. The van der Waals surface area contributed by atoms with Gasteiger partial charge in [-0.15, -0.1) is 0 Å². The van der Waals surface area contributed by atoms with Gasteiger partial charge in [0.1, 0.15) is 0 Å². The van der Waals surface area contributed by atoms with Gasteiger partial charge in [0.15, 0.2) is 0 Å². The Bertz CT molecular complexity index is 454. The molecule has 3 rings (SSSR count). The number of nitrogens with one attached hydrogen (secondary N) is 1. The minimum atomic E-state index is -3.01. The summed E-state index contributed by atoms with van der Waals surface area (Å²) in [5, 5.41) is 3.65. The molecule has 0 radical (unpaired) electrons. The maximum atomic E-state index is 11.7. The molecule has 0 bridgehead atoms. The Kier molecular flexibility index (Phi) is 5.43. The summed E-state index contributed by atoms with van der Waals surface area (Å²) in [7, 11) is -3.01. The van der Waals surface area contributed by atoms with Crippen molar-refractivity contribution in [1.29, 1.82) is 0 Å². The normalized spacial score (nSPS) is 33.3. The van der Waals surface area contributed by atoms with Gasteiger partial charge in [-0.3, -0.25) is 0 Å². The molecule has 3 aliphatic heterocycles. The molecule has 128 valence electrons. The molecule has 0 spiro atoms. The standard InChI is InChI=1S/C16H31N3O2S/c1-22(20,21)19-9-3-4-14(13-19)12-18-10-6-15(7-11-18)16-5-2-8-17-16/h14-17H,2-13H2,1H3. The third-order valence-corrected chi connectivity index (χ3v) is 7.04. The Morgan fingerprint density at radius 2 is 1.82 bits per heavy atom. The zero-order valence-electron chi connectivity index (χ0n) is 13.8. The van der Waals surface area contributed by atoms with E-state index in [0.717, 1.165) is 31.5 Å². The van der Waals surface area contributed by atoms with Crippen molar-refractivity contribution in [2.45, 2.75) is 44.6 Å². The quantitative estimate of drug-likeness (QED) is 0.840. The van der Waals surface area contributed by atoms with Crippen LogP contribution in [0.15, 0.2) is 0 Å². The lowest BCUT2D eigenvalue weighted by Crippen LogP contribution is -2.46. The van der Waals surface area contributed by atoms with Crippen LogP contribution in [0.4, 0.5) is 0 Å². The highest BCUT2D eigenvalue weighted by Crippen LogP contribution is 2.27. The summed E-state index contributed by atoms with van der Waals surface area (Å²) in [6.07, 6.45) is 8.84. The minimum absolute atomic E-state index is 0.518. The average molecular weight is 330 g/mol. The first-order valence-electron chi connectivity index (χ1n) is 8.93. The number of hydrogen-bond donors (Lipinski definition) is 1. The molecule has 22 heavy (non-hydrogen) atoms. The van der Waals surface area contributed by atoms with Crippen LogP contribution in [0.1, 0.15) is 38.5 Å². The van der Waals surface area contributed by atoms with E-state index in [2.05, 4.69) is 10.2 Å². The molecular weight excluding hydrogens is 298 g/mol. The van der Waals surface area contributed by atoms with E-state index in [1.54, 1.807) is 4.31 Å². The van der Waals surface area contributed by atoms with Crippen molar-refractivity contribution < 1.29 is 8.42 Å². The van der Waals surface area contributed by atoms with Gasteiger partial charge in [0, 0.05) is 25.7 Å². The Hall–Kier alpha value is -0.170. The van der Waals surface area contributed by atoms with E-state index >= 15 is 0 Å². The monoisotopic (exact) mass is 329 g/mol. The molecule has 6 heteroatoms. The van der Waals surface area contributed by atoms with Crippen LogP contribution in [0.25, 0.3) is 0 Å². The highest BCUT2D eigenvalue weighted by atomic mass is 32.2. The van der Waals surface area contributed by atoms with Gasteiger partial charge in [-0.05, 0) is 70.0 Å². The first kappa shape index (κ1) is 16.7. The van der Waals surface area contributed by atoms with Crippen LogP contribution in [0.5, 0.6) is 0 Å². The van der Waals surface area contributed by atoms with Gasteiger partial charge >= 0.3 is 0 Å². The molecule has 2 atom stereocenters. The fourth-order valence-electron chi connectivity index (χ4n) is 4.49. The first-order chi connectivity index (χ1) is 10.5. The minimum Gasteiger partial charge on any atom is -0.314 e. The van der Waals surface area contributed by atoms with Crippen LogP contribution < -0.4 is 5.32 Å². The maximum Gasteiger partial charge on any atom is 0.211 e. The molecule has 0 saturated carbocycles. The van der Waals surface area contributed by atoms with E-state index < -0.39 is 10.0 Å². The second-order valence-electron chi connectivity index (χ2n) is 7.47. The van der Waals surface area contributed by atoms with Gasteiger partial charge in [-0.25, -0.2) is 12.7 Å². The predicted octanol–water partition coefficient (Wildman–Crippen LogP) is 1.12. The van der Waals surface area contributed by atoms with Crippen LogP contribution in [0.3, 0.4) is 0 Å². The van der Waals surface area contributed by atoms with Gasteiger partial charge < -0.3 is 10.2 Å². The molecule has 0 aliphatic carbocycles. The zero-order valence-corrected chi connectivity index (χ0v) is 14.7. The van der Waals surface area contributed by atoms with Gasteiger partial charge in [0.2, 0.25) is 10.0 Å². The van der Waals surface area contributed by atoms with Crippen molar-refractivity contribution in [3.8, 4) is 0 Å². The fourth-order valence-corrected chi connectivity index (χ4v) is 5.44. The summed E-state index contributed by atoms with van der Waals surface area (Å²) in [6.45, 7) is 6.11. The predicted molar refractivity (Wildman–Crippen MR) is 89.3 cm³/mol. The lowest BCUT2D eigenvalue weighted by Gasteiger charge is -2.38. The van der Waals surface area contributed by atoms with E-state index in [9.17, 15) is 8.42 Å². The molecule has 1 N–H and O–H groups in total. The van der Waals surface area contributed by atoms with Crippen molar-refractivity contribution in [3.63, 3.8) is 0 Å². The largest absolute Gasteiger partial charge is 0.314 e. The van der Waals surface area contributed by atoms with E-state index in [1.165, 1.54) is 58.0 Å². The van der Waals surface area contributed by atoms with Crippen molar-refractivity contribution in [3.05, 3.63) is 0 Å². The topological polar surface area (TPSA) is 52.7 Å². The summed E-state index contributed by atoms with van der Waals surface area (Å²) in [5.41, 5.74) is 0. The Balaban J connectivity index is 1.44. The van der Waals surface area contributed by atoms with Crippen molar-refractivity contribution in [2.75, 3.05) is 45.5 Å². The molecule has 0 aromatic rings. The molecule has 3 fully saturated rings. The molecule has 3 heterocycles. The Morgan fingerprint density at radius 3 is 2.45 bits per heavy atom. The van der Waals surface area contributed by atoms with Gasteiger partial charge in [-0.1, -0.05) is 0 Å². The molecule has 3 aliphatic rings. The van der Waals surface area contributed by atoms with E-state index in [1.807, 2.05) is 0 Å². The third-order valence-electron chi connectivity index (χ3n) is 5.77. The number of piperidine rings is 2. The van der Waals surface area contributed by atoms with Crippen molar-refractivity contribution in [1.82, 2.24) is 14.5 Å². The van der Waals surface area contributed by atoms with Gasteiger partial charge in [-0.2, -0.15) is 0 Å². The highest BCUT2D eigenvalue weighted by molar-refractivity contribution is 7.88. The highest BCUT2D eigenvalue weighted by Gasteiger charge is 2.31. The smallest absolute Gasteiger partial charge is 0.211 e. The fraction of sp³-hybridized carbons (Fsp3) is 1.00. The number of likely N-dealkylation sites (tertiary alicyclic amines) is 1. The van der Waals surface area contributed by atoms with E-state index in [-0.39, 0.29) is 0 Å². The van der Waals surface area contributed by atoms with Crippen molar-refractivity contribution in [2.24, 2.45) is 11.8 Å². The third kappa shape index (κ3) is 4.22. The summed E-state index contributed by atoms with van der Waals surface area (Å²) in [4.78, 5) is 2.57. The van der Waals surface area contributed by atoms with Crippen LogP contribution in [0.2, 0.25) is 0 Å². The molecule has 3 saturated heterocycles. The zero-order chi connectivity index (χ0) is 15.6. The lowest BCUT2D eigenvalue weighted by atomic mass is 9.88. The average Bonchev–Trinajstić information content (AvgIpc) is 3.02. The summed E-state index contributed by atoms with van der Waals surface area (Å²) in [6, 6.07) is 0.762. The second-order valence-corrected chi connectivity index (χ2v) is 9.45. The van der Waals surface area contributed by atoms with Crippen LogP contribution >= 0.6 is 0 Å². The number of nitrogens with zero attached hydrogens (tertiary/aromatic N) is 2. The number of sulfonamides is 1. The Labute approximate surface area is 135 Å². The Morgan fingerprint density at radius 1 is 1.05 bits per heavy atom. The van der Waals surface area contributed by atoms with E-state index in [0.29, 0.717) is 12.5 Å². The molecule has 0 aromatic heterocycles. The van der Waals surface area contributed by atoms with Crippen LogP contribution in [0, 0.1) is 11.8 Å². The summed E-state index contributed by atoms with van der Waals surface area (Å²) in [5.74, 6) is 1.38. The number of hydrogen-bond acceptors (Lipinski definition) is 4. The first-order valence-corrected chi connectivity index (χ1v) is 10.8. The SMILES string of the molecule is CS(=O)(=O)N1CCCC(CN2CCC(C3CCCN3)CC2)C1. The number of rotatable bonds is 4. The van der Waals surface area contributed by atoms with Crippen LogP contribution in [-0.2, 0) is 10.0 Å².